The lowest BCUT2D eigenvalue weighted by atomic mass is 10.2. The summed E-state index contributed by atoms with van der Waals surface area (Å²) in [5, 5.41) is 0.597. The zero-order valence-corrected chi connectivity index (χ0v) is 19.4. The molecule has 5 rings (SSSR count). The lowest BCUT2D eigenvalue weighted by molar-refractivity contribution is -0.908. The zero-order chi connectivity index (χ0) is 22.6. The summed E-state index contributed by atoms with van der Waals surface area (Å²) in [7, 11) is 0. The fourth-order valence-corrected chi connectivity index (χ4v) is 4.82. The van der Waals surface area contributed by atoms with E-state index < -0.39 is 0 Å². The third-order valence-electron chi connectivity index (χ3n) is 6.68. The number of quaternary nitrogens is 1. The molecule has 3 aromatic heterocycles. The second-order valence-corrected chi connectivity index (χ2v) is 9.00. The van der Waals surface area contributed by atoms with Gasteiger partial charge in [0.25, 0.3) is 5.56 Å². The van der Waals surface area contributed by atoms with E-state index in [1.807, 2.05) is 24.3 Å². The SMILES string of the molecule is CCCCCCn1c2nc3ccccc3nc2c2c(=O)n(CCC[NH+]3CCOCC3)cnc21. The van der Waals surface area contributed by atoms with Crippen LogP contribution in [0.25, 0.3) is 33.2 Å². The first-order chi connectivity index (χ1) is 16.3. The first kappa shape index (κ1) is 22.0. The van der Waals surface area contributed by atoms with Crippen molar-refractivity contribution in [2.24, 2.45) is 0 Å². The second-order valence-electron chi connectivity index (χ2n) is 9.00. The molecule has 0 saturated carbocycles. The molecule has 4 heterocycles. The molecule has 1 saturated heterocycles. The number of nitrogens with zero attached hydrogens (tertiary/aromatic N) is 5. The number of fused-ring (bicyclic) bond motifs is 4. The smallest absolute Gasteiger partial charge is 0.265 e. The maximum atomic E-state index is 13.6. The molecule has 174 valence electrons. The van der Waals surface area contributed by atoms with Gasteiger partial charge in [-0.1, -0.05) is 38.3 Å². The Morgan fingerprint density at radius 2 is 1.76 bits per heavy atom. The summed E-state index contributed by atoms with van der Waals surface area (Å²) >= 11 is 0. The van der Waals surface area contributed by atoms with Crippen LogP contribution in [0.1, 0.15) is 39.0 Å². The average Bonchev–Trinajstić information content (AvgIpc) is 3.15. The van der Waals surface area contributed by atoms with E-state index >= 15 is 0 Å². The van der Waals surface area contributed by atoms with Gasteiger partial charge in [-0.3, -0.25) is 9.36 Å². The zero-order valence-electron chi connectivity index (χ0n) is 19.4. The van der Waals surface area contributed by atoms with Gasteiger partial charge in [-0.15, -0.1) is 0 Å². The molecule has 0 unspecified atom stereocenters. The number of rotatable bonds is 9. The molecule has 8 nitrogen and oxygen atoms in total. The Labute approximate surface area is 193 Å². The second kappa shape index (κ2) is 9.97. The van der Waals surface area contributed by atoms with Crippen molar-refractivity contribution in [3.63, 3.8) is 0 Å². The van der Waals surface area contributed by atoms with Gasteiger partial charge in [0.15, 0.2) is 11.3 Å². The maximum absolute atomic E-state index is 13.6. The van der Waals surface area contributed by atoms with Crippen molar-refractivity contribution in [1.82, 2.24) is 24.1 Å². The summed E-state index contributed by atoms with van der Waals surface area (Å²) in [6, 6.07) is 7.85. The number of nitrogens with one attached hydrogen (secondary N) is 1. The largest absolute Gasteiger partial charge is 0.370 e. The van der Waals surface area contributed by atoms with Gasteiger partial charge in [0.05, 0.1) is 37.1 Å². The van der Waals surface area contributed by atoms with Crippen molar-refractivity contribution in [3.8, 4) is 0 Å². The fraction of sp³-hybridized carbons (Fsp3) is 0.520. The first-order valence-electron chi connectivity index (χ1n) is 12.3. The van der Waals surface area contributed by atoms with Crippen LogP contribution in [0.4, 0.5) is 0 Å². The highest BCUT2D eigenvalue weighted by atomic mass is 16.5. The number of para-hydroxylation sites is 2. The van der Waals surface area contributed by atoms with Crippen molar-refractivity contribution in [2.75, 3.05) is 32.8 Å². The average molecular weight is 450 g/mol. The molecular formula is C25H33N6O2+. The molecular weight excluding hydrogens is 416 g/mol. The Morgan fingerprint density at radius 3 is 2.55 bits per heavy atom. The van der Waals surface area contributed by atoms with E-state index in [-0.39, 0.29) is 5.56 Å². The minimum absolute atomic E-state index is 0.0149. The van der Waals surface area contributed by atoms with E-state index in [4.69, 9.17) is 19.7 Å². The van der Waals surface area contributed by atoms with E-state index in [0.29, 0.717) is 23.1 Å². The summed E-state index contributed by atoms with van der Waals surface area (Å²) in [5.41, 5.74) is 3.78. The number of benzene rings is 1. The molecule has 0 bridgehead atoms. The van der Waals surface area contributed by atoms with Crippen LogP contribution in [-0.4, -0.2) is 56.9 Å². The van der Waals surface area contributed by atoms with Crippen molar-refractivity contribution >= 4 is 33.2 Å². The Balaban J connectivity index is 1.51. The standard InChI is InChI=1S/C25H32N6O2/c1-2-3-4-7-13-31-23-21(22-24(31)28-20-10-6-5-9-19(20)27-22)25(32)30(18-26-23)12-8-11-29-14-16-33-17-15-29/h5-6,9-10,18H,2-4,7-8,11-17H2,1H3/p+1. The van der Waals surface area contributed by atoms with E-state index in [2.05, 4.69) is 11.5 Å². The molecule has 8 heteroatoms. The third-order valence-corrected chi connectivity index (χ3v) is 6.68. The number of aromatic nitrogens is 5. The Bertz CT molecular complexity index is 1310. The summed E-state index contributed by atoms with van der Waals surface area (Å²) in [6.45, 7) is 8.45. The van der Waals surface area contributed by atoms with E-state index in [9.17, 15) is 4.79 Å². The molecule has 0 radical (unpaired) electrons. The molecule has 4 aromatic rings. The third kappa shape index (κ3) is 4.50. The van der Waals surface area contributed by atoms with Crippen LogP contribution in [0.15, 0.2) is 35.4 Å². The minimum Gasteiger partial charge on any atom is -0.370 e. The number of ether oxygens (including phenoxy) is 1. The molecule has 0 amide bonds. The van der Waals surface area contributed by atoms with Gasteiger partial charge in [-0.25, -0.2) is 15.0 Å². The highest BCUT2D eigenvalue weighted by molar-refractivity contribution is 6.04. The van der Waals surface area contributed by atoms with E-state index in [1.165, 1.54) is 12.8 Å². The van der Waals surface area contributed by atoms with Crippen LogP contribution in [0.3, 0.4) is 0 Å². The van der Waals surface area contributed by atoms with Crippen LogP contribution < -0.4 is 10.5 Å². The Hall–Kier alpha value is -2.84. The van der Waals surface area contributed by atoms with Crippen molar-refractivity contribution in [1.29, 1.82) is 0 Å². The quantitative estimate of drug-likeness (QED) is 0.396. The van der Waals surface area contributed by atoms with Crippen LogP contribution in [-0.2, 0) is 17.8 Å². The molecule has 1 aliphatic heterocycles. The first-order valence-corrected chi connectivity index (χ1v) is 12.3. The van der Waals surface area contributed by atoms with Crippen molar-refractivity contribution < 1.29 is 9.64 Å². The number of unbranched alkanes of at least 4 members (excludes halogenated alkanes) is 3. The molecule has 1 aliphatic rings. The normalized spacial score (nSPS) is 15.2. The molecule has 1 fully saturated rings. The summed E-state index contributed by atoms with van der Waals surface area (Å²) < 4.78 is 9.30. The van der Waals surface area contributed by atoms with Crippen LogP contribution in [0, 0.1) is 0 Å². The van der Waals surface area contributed by atoms with Crippen molar-refractivity contribution in [3.05, 3.63) is 40.9 Å². The van der Waals surface area contributed by atoms with Gasteiger partial charge >= 0.3 is 0 Å². The monoisotopic (exact) mass is 449 g/mol. The van der Waals surface area contributed by atoms with Gasteiger partial charge < -0.3 is 14.2 Å². The molecule has 0 atom stereocenters. The molecule has 33 heavy (non-hydrogen) atoms. The highest BCUT2D eigenvalue weighted by Crippen LogP contribution is 2.25. The maximum Gasteiger partial charge on any atom is 0.265 e. The summed E-state index contributed by atoms with van der Waals surface area (Å²) in [5.74, 6) is 0. The lowest BCUT2D eigenvalue weighted by Crippen LogP contribution is -3.14. The number of hydrogen-bond donors (Lipinski definition) is 1. The molecule has 1 aromatic carbocycles. The number of morpholine rings is 1. The van der Waals surface area contributed by atoms with Gasteiger partial charge in [-0.2, -0.15) is 0 Å². The lowest BCUT2D eigenvalue weighted by Gasteiger charge is -2.23. The molecule has 0 aliphatic carbocycles. The van der Waals surface area contributed by atoms with Crippen LogP contribution >= 0.6 is 0 Å². The summed E-state index contributed by atoms with van der Waals surface area (Å²) in [6.07, 6.45) is 7.23. The fourth-order valence-electron chi connectivity index (χ4n) is 4.82. The van der Waals surface area contributed by atoms with Gasteiger partial charge in [0, 0.05) is 19.5 Å². The topological polar surface area (TPSA) is 79.3 Å². The van der Waals surface area contributed by atoms with Gasteiger partial charge in [-0.05, 0) is 18.6 Å². The Morgan fingerprint density at radius 1 is 0.970 bits per heavy atom. The highest BCUT2D eigenvalue weighted by Gasteiger charge is 2.20. The number of aryl methyl sites for hydroxylation is 2. The van der Waals surface area contributed by atoms with Gasteiger partial charge in [0.1, 0.15) is 24.0 Å². The van der Waals surface area contributed by atoms with Gasteiger partial charge in [0.2, 0.25) is 0 Å². The molecule has 1 N–H and O–H groups in total. The van der Waals surface area contributed by atoms with Crippen LogP contribution in [0.2, 0.25) is 0 Å². The van der Waals surface area contributed by atoms with Crippen molar-refractivity contribution in [2.45, 2.75) is 52.1 Å². The predicted octanol–water partition coefficient (Wildman–Crippen LogP) is 2.18. The molecule has 0 spiro atoms. The van der Waals surface area contributed by atoms with Crippen LogP contribution in [0.5, 0.6) is 0 Å². The van der Waals surface area contributed by atoms with E-state index in [0.717, 1.165) is 75.3 Å². The van der Waals surface area contributed by atoms with E-state index in [1.54, 1.807) is 15.8 Å². The number of hydrogen-bond acceptors (Lipinski definition) is 5. The predicted molar refractivity (Wildman–Crippen MR) is 130 cm³/mol. The Kier molecular flexibility index (Phi) is 6.64. The summed E-state index contributed by atoms with van der Waals surface area (Å²) in [4.78, 5) is 29.6. The minimum atomic E-state index is -0.0149.